The number of hydrogen-bond acceptors (Lipinski definition) is 4. The Labute approximate surface area is 160 Å². The molecule has 1 heterocycles. The summed E-state index contributed by atoms with van der Waals surface area (Å²) in [5.41, 5.74) is 0.624. The van der Waals surface area contributed by atoms with Crippen LogP contribution < -0.4 is 5.56 Å². The summed E-state index contributed by atoms with van der Waals surface area (Å²) < 4.78 is 6.93. The number of benzene rings is 1. The van der Waals surface area contributed by atoms with Crippen molar-refractivity contribution in [2.75, 3.05) is 20.3 Å². The number of carbonyl (C=O) groups excluding carboxylic acids is 1. The van der Waals surface area contributed by atoms with Crippen LogP contribution in [0.3, 0.4) is 0 Å². The van der Waals surface area contributed by atoms with Gasteiger partial charge in [-0.15, -0.1) is 0 Å². The number of carbonyl (C=O) groups is 1. The van der Waals surface area contributed by atoms with Crippen molar-refractivity contribution in [2.45, 2.75) is 52.1 Å². The van der Waals surface area contributed by atoms with Crippen LogP contribution in [0, 0.1) is 5.92 Å². The first kappa shape index (κ1) is 19.5. The lowest BCUT2D eigenvalue weighted by molar-refractivity contribution is -0.138. The topological polar surface area (TPSA) is 64.4 Å². The Morgan fingerprint density at radius 1 is 1.33 bits per heavy atom. The summed E-state index contributed by atoms with van der Waals surface area (Å²) in [5.74, 6) is 0.873. The summed E-state index contributed by atoms with van der Waals surface area (Å²) in [6, 6.07) is 7.10. The second kappa shape index (κ2) is 8.65. The Morgan fingerprint density at radius 3 is 2.70 bits per heavy atom. The molecule has 3 rings (SSSR count). The van der Waals surface area contributed by atoms with Gasteiger partial charge in [0.1, 0.15) is 5.82 Å². The van der Waals surface area contributed by atoms with Gasteiger partial charge >= 0.3 is 0 Å². The second-order valence-electron chi connectivity index (χ2n) is 7.22. The molecule has 146 valence electrons. The summed E-state index contributed by atoms with van der Waals surface area (Å²) in [5, 5.41) is 0.612. The minimum absolute atomic E-state index is 0.0510. The predicted octanol–water partition coefficient (Wildman–Crippen LogP) is 3.14. The number of fused-ring (bicyclic) bond motifs is 1. The third-order valence-corrected chi connectivity index (χ3v) is 5.57. The van der Waals surface area contributed by atoms with Crippen LogP contribution in [-0.2, 0) is 16.1 Å². The Kier molecular flexibility index (Phi) is 6.26. The van der Waals surface area contributed by atoms with E-state index in [1.54, 1.807) is 17.7 Å². The third kappa shape index (κ3) is 3.90. The van der Waals surface area contributed by atoms with E-state index in [-0.39, 0.29) is 23.4 Å². The van der Waals surface area contributed by atoms with Crippen LogP contribution in [0.1, 0.15) is 51.4 Å². The van der Waals surface area contributed by atoms with Crippen molar-refractivity contribution in [3.63, 3.8) is 0 Å². The molecule has 0 aliphatic heterocycles. The van der Waals surface area contributed by atoms with E-state index in [9.17, 15) is 9.59 Å². The quantitative estimate of drug-likeness (QED) is 0.750. The highest BCUT2D eigenvalue weighted by molar-refractivity contribution is 5.80. The number of amides is 1. The van der Waals surface area contributed by atoms with Gasteiger partial charge in [0.25, 0.3) is 5.56 Å². The molecule has 1 aromatic heterocycles. The lowest BCUT2D eigenvalue weighted by Crippen LogP contribution is -2.42. The van der Waals surface area contributed by atoms with E-state index in [0.717, 1.165) is 25.7 Å². The molecular weight excluding hydrogens is 342 g/mol. The molecule has 2 aromatic rings. The summed E-state index contributed by atoms with van der Waals surface area (Å²) in [7, 11) is 1.64. The fourth-order valence-electron chi connectivity index (χ4n) is 4.04. The van der Waals surface area contributed by atoms with Crippen LogP contribution in [0.25, 0.3) is 10.9 Å². The first-order chi connectivity index (χ1) is 13.1. The van der Waals surface area contributed by atoms with Crippen molar-refractivity contribution in [3.8, 4) is 0 Å². The van der Waals surface area contributed by atoms with Crippen molar-refractivity contribution in [2.24, 2.45) is 5.92 Å². The van der Waals surface area contributed by atoms with E-state index in [1.807, 2.05) is 36.9 Å². The zero-order valence-corrected chi connectivity index (χ0v) is 16.5. The predicted molar refractivity (Wildman–Crippen MR) is 106 cm³/mol. The number of para-hydroxylation sites is 1. The molecule has 6 heteroatoms. The van der Waals surface area contributed by atoms with Crippen LogP contribution in [0.4, 0.5) is 0 Å². The number of hydrogen-bond donors (Lipinski definition) is 0. The van der Waals surface area contributed by atoms with Gasteiger partial charge in [-0.1, -0.05) is 25.0 Å². The van der Waals surface area contributed by atoms with Gasteiger partial charge in [-0.3, -0.25) is 14.2 Å². The molecule has 0 spiro atoms. The van der Waals surface area contributed by atoms with Gasteiger partial charge in [0.15, 0.2) is 0 Å². The van der Waals surface area contributed by atoms with E-state index in [1.165, 1.54) is 0 Å². The fraction of sp³-hybridized carbons (Fsp3) is 0.571. The average molecular weight is 371 g/mol. The van der Waals surface area contributed by atoms with Gasteiger partial charge in [-0.25, -0.2) is 4.98 Å². The summed E-state index contributed by atoms with van der Waals surface area (Å²) in [6.45, 7) is 5.38. The molecule has 0 bridgehead atoms. The molecule has 0 radical (unpaired) electrons. The maximum Gasteiger partial charge on any atom is 0.261 e. The molecule has 1 amide bonds. The Bertz CT molecular complexity index is 855. The highest BCUT2D eigenvalue weighted by Crippen LogP contribution is 2.30. The van der Waals surface area contributed by atoms with Gasteiger partial charge in [0, 0.05) is 26.1 Å². The molecule has 1 aliphatic carbocycles. The summed E-state index contributed by atoms with van der Waals surface area (Å²) in [4.78, 5) is 32.7. The number of nitrogens with zero attached hydrogens (tertiary/aromatic N) is 3. The van der Waals surface area contributed by atoms with Crippen LogP contribution in [0.15, 0.2) is 29.1 Å². The summed E-state index contributed by atoms with van der Waals surface area (Å²) in [6.07, 6.45) is 4.11. The molecular formula is C21H29N3O3. The molecule has 1 saturated carbocycles. The lowest BCUT2D eigenvalue weighted by Gasteiger charge is -2.32. The van der Waals surface area contributed by atoms with Crippen LogP contribution in [-0.4, -0.2) is 40.6 Å². The molecule has 0 N–H and O–H groups in total. The molecule has 6 nitrogen and oxygen atoms in total. The van der Waals surface area contributed by atoms with Gasteiger partial charge in [0.2, 0.25) is 5.91 Å². The Hall–Kier alpha value is -2.21. The molecule has 0 saturated heterocycles. The zero-order chi connectivity index (χ0) is 19.4. The van der Waals surface area contributed by atoms with E-state index in [2.05, 4.69) is 0 Å². The average Bonchev–Trinajstić information content (AvgIpc) is 3.22. The van der Waals surface area contributed by atoms with Crippen molar-refractivity contribution >= 4 is 16.8 Å². The smallest absolute Gasteiger partial charge is 0.261 e. The lowest BCUT2D eigenvalue weighted by atomic mass is 10.0. The normalized spacial score (nSPS) is 16.0. The number of ether oxygens (including phenoxy) is 1. The van der Waals surface area contributed by atoms with Crippen molar-refractivity contribution < 1.29 is 9.53 Å². The molecule has 1 aliphatic rings. The van der Waals surface area contributed by atoms with Gasteiger partial charge in [-0.2, -0.15) is 0 Å². The molecule has 1 unspecified atom stereocenters. The van der Waals surface area contributed by atoms with Gasteiger partial charge in [0.05, 0.1) is 23.6 Å². The third-order valence-electron chi connectivity index (χ3n) is 5.57. The first-order valence-electron chi connectivity index (χ1n) is 9.87. The largest absolute Gasteiger partial charge is 0.383 e. The maximum atomic E-state index is 13.2. The first-order valence-corrected chi connectivity index (χ1v) is 9.87. The molecule has 1 atom stereocenters. The number of methoxy groups -OCH3 is 1. The second-order valence-corrected chi connectivity index (χ2v) is 7.22. The fourth-order valence-corrected chi connectivity index (χ4v) is 4.04. The van der Waals surface area contributed by atoms with Crippen LogP contribution in [0.2, 0.25) is 0 Å². The Balaban J connectivity index is 2.03. The SMILES string of the molecule is CCn1c(C(C)N(CCOC)C(=O)C2CCCC2)nc2ccccc2c1=O. The van der Waals surface area contributed by atoms with Crippen molar-refractivity contribution in [1.82, 2.24) is 14.5 Å². The Morgan fingerprint density at radius 2 is 2.04 bits per heavy atom. The highest BCUT2D eigenvalue weighted by Gasteiger charge is 2.32. The molecule has 1 aromatic carbocycles. The number of rotatable bonds is 7. The van der Waals surface area contributed by atoms with E-state index >= 15 is 0 Å². The zero-order valence-electron chi connectivity index (χ0n) is 16.5. The maximum absolute atomic E-state index is 13.2. The molecule has 27 heavy (non-hydrogen) atoms. The van der Waals surface area contributed by atoms with E-state index < -0.39 is 0 Å². The van der Waals surface area contributed by atoms with E-state index in [4.69, 9.17) is 9.72 Å². The van der Waals surface area contributed by atoms with Gasteiger partial charge < -0.3 is 9.64 Å². The minimum atomic E-state index is -0.287. The van der Waals surface area contributed by atoms with Crippen molar-refractivity contribution in [1.29, 1.82) is 0 Å². The number of aromatic nitrogens is 2. The minimum Gasteiger partial charge on any atom is -0.383 e. The van der Waals surface area contributed by atoms with E-state index in [0.29, 0.717) is 36.4 Å². The van der Waals surface area contributed by atoms with Crippen molar-refractivity contribution in [3.05, 3.63) is 40.4 Å². The van der Waals surface area contributed by atoms with Crippen LogP contribution >= 0.6 is 0 Å². The molecule has 1 fully saturated rings. The standard InChI is InChI=1S/C21H29N3O3/c1-4-23-19(22-18-12-8-7-11-17(18)21(23)26)15(2)24(13-14-27-3)20(25)16-9-5-6-10-16/h7-8,11-12,15-16H,4-6,9-10,13-14H2,1-3H3. The monoisotopic (exact) mass is 371 g/mol. The highest BCUT2D eigenvalue weighted by atomic mass is 16.5. The summed E-state index contributed by atoms with van der Waals surface area (Å²) >= 11 is 0. The van der Waals surface area contributed by atoms with Gasteiger partial charge in [-0.05, 0) is 38.8 Å². The van der Waals surface area contributed by atoms with Crippen LogP contribution in [0.5, 0.6) is 0 Å².